The fourth-order valence-corrected chi connectivity index (χ4v) is 3.17. The minimum atomic E-state index is -0.767. The molecule has 1 aromatic carbocycles. The predicted molar refractivity (Wildman–Crippen MR) is 83.2 cm³/mol. The molecule has 3 N–H and O–H groups in total. The van der Waals surface area contributed by atoms with Crippen LogP contribution in [0.1, 0.15) is 42.5 Å². The van der Waals surface area contributed by atoms with Crippen LogP contribution in [0.4, 0.5) is 0 Å². The average Bonchev–Trinajstić information content (AvgIpc) is 2.50. The summed E-state index contributed by atoms with van der Waals surface area (Å²) in [5, 5.41) is 3.46. The van der Waals surface area contributed by atoms with E-state index in [1.807, 2.05) is 0 Å². The molecule has 1 aromatic rings. The van der Waals surface area contributed by atoms with Crippen molar-refractivity contribution in [3.8, 4) is 5.75 Å². The van der Waals surface area contributed by atoms with Crippen LogP contribution in [0.5, 0.6) is 5.75 Å². The van der Waals surface area contributed by atoms with Gasteiger partial charge in [0.1, 0.15) is 5.75 Å². The van der Waals surface area contributed by atoms with Crippen molar-refractivity contribution < 1.29 is 14.3 Å². The first-order valence-electron chi connectivity index (χ1n) is 7.58. The molecule has 1 saturated carbocycles. The highest BCUT2D eigenvalue weighted by Gasteiger charge is 2.33. The number of carbonyl (C=O) groups is 2. The van der Waals surface area contributed by atoms with Gasteiger partial charge in [-0.25, -0.2) is 0 Å². The van der Waals surface area contributed by atoms with E-state index in [-0.39, 0.29) is 30.2 Å². The van der Waals surface area contributed by atoms with Crippen LogP contribution >= 0.6 is 11.6 Å². The van der Waals surface area contributed by atoms with Gasteiger partial charge >= 0.3 is 0 Å². The SMILES string of the molecule is NC1CCC(NC(=O)[C@H]2CC(=O)c3cc(Cl)ccc3O2)CC1. The lowest BCUT2D eigenvalue weighted by atomic mass is 9.91. The summed E-state index contributed by atoms with van der Waals surface area (Å²) in [6.07, 6.45) is 2.86. The van der Waals surface area contributed by atoms with Gasteiger partial charge in [0, 0.05) is 17.1 Å². The molecule has 1 aliphatic heterocycles. The van der Waals surface area contributed by atoms with E-state index in [9.17, 15) is 9.59 Å². The molecule has 0 bridgehead atoms. The second kappa shape index (κ2) is 6.26. The monoisotopic (exact) mass is 322 g/mol. The number of nitrogens with one attached hydrogen (secondary N) is 1. The first kappa shape index (κ1) is 15.3. The summed E-state index contributed by atoms with van der Waals surface area (Å²) in [5.41, 5.74) is 6.31. The van der Waals surface area contributed by atoms with Gasteiger partial charge in [-0.15, -0.1) is 0 Å². The molecule has 118 valence electrons. The summed E-state index contributed by atoms with van der Waals surface area (Å²) in [6, 6.07) is 5.22. The van der Waals surface area contributed by atoms with Gasteiger partial charge in [0.15, 0.2) is 11.9 Å². The number of rotatable bonds is 2. The quantitative estimate of drug-likeness (QED) is 0.873. The average molecular weight is 323 g/mol. The maximum Gasteiger partial charge on any atom is 0.261 e. The van der Waals surface area contributed by atoms with E-state index in [1.54, 1.807) is 18.2 Å². The topological polar surface area (TPSA) is 81.4 Å². The number of hydrogen-bond acceptors (Lipinski definition) is 4. The Morgan fingerprint density at radius 2 is 2.00 bits per heavy atom. The maximum atomic E-state index is 12.3. The minimum Gasteiger partial charge on any atom is -0.479 e. The number of hydrogen-bond donors (Lipinski definition) is 2. The zero-order valence-electron chi connectivity index (χ0n) is 12.2. The van der Waals surface area contributed by atoms with Gasteiger partial charge in [-0.2, -0.15) is 0 Å². The van der Waals surface area contributed by atoms with Crippen LogP contribution in [0.2, 0.25) is 5.02 Å². The van der Waals surface area contributed by atoms with Crippen LogP contribution in [0.25, 0.3) is 0 Å². The fourth-order valence-electron chi connectivity index (χ4n) is 3.00. The van der Waals surface area contributed by atoms with Crippen LogP contribution in [0.3, 0.4) is 0 Å². The van der Waals surface area contributed by atoms with E-state index in [1.165, 1.54) is 0 Å². The summed E-state index contributed by atoms with van der Waals surface area (Å²) < 4.78 is 5.67. The van der Waals surface area contributed by atoms with Gasteiger partial charge in [0.05, 0.1) is 12.0 Å². The molecule has 0 aromatic heterocycles. The lowest BCUT2D eigenvalue weighted by Crippen LogP contribution is -2.48. The summed E-state index contributed by atoms with van der Waals surface area (Å²) in [6.45, 7) is 0. The predicted octanol–water partition coefficient (Wildman–Crippen LogP) is 2.06. The summed E-state index contributed by atoms with van der Waals surface area (Å²) in [5.74, 6) is 0.0791. The molecule has 1 fully saturated rings. The summed E-state index contributed by atoms with van der Waals surface area (Å²) in [7, 11) is 0. The largest absolute Gasteiger partial charge is 0.479 e. The molecule has 6 heteroatoms. The Kier molecular flexibility index (Phi) is 4.36. The summed E-state index contributed by atoms with van der Waals surface area (Å²) in [4.78, 5) is 24.5. The van der Waals surface area contributed by atoms with Crippen LogP contribution in [0.15, 0.2) is 18.2 Å². The van der Waals surface area contributed by atoms with E-state index in [0.29, 0.717) is 16.3 Å². The van der Waals surface area contributed by atoms with Gasteiger partial charge in [0.2, 0.25) is 0 Å². The van der Waals surface area contributed by atoms with Crippen molar-refractivity contribution in [1.82, 2.24) is 5.32 Å². The first-order chi connectivity index (χ1) is 10.5. The Balaban J connectivity index is 1.65. The van der Waals surface area contributed by atoms with E-state index in [4.69, 9.17) is 22.1 Å². The van der Waals surface area contributed by atoms with Crippen molar-refractivity contribution in [2.75, 3.05) is 0 Å². The molecular weight excluding hydrogens is 304 g/mol. The number of amides is 1. The summed E-state index contributed by atoms with van der Waals surface area (Å²) >= 11 is 5.88. The van der Waals surface area contributed by atoms with E-state index >= 15 is 0 Å². The molecule has 0 saturated heterocycles. The van der Waals surface area contributed by atoms with Gasteiger partial charge in [0.25, 0.3) is 5.91 Å². The van der Waals surface area contributed by atoms with Crippen molar-refractivity contribution in [2.24, 2.45) is 5.73 Å². The van der Waals surface area contributed by atoms with Crippen molar-refractivity contribution in [3.05, 3.63) is 28.8 Å². The molecule has 0 unspecified atom stereocenters. The Morgan fingerprint density at radius 1 is 1.27 bits per heavy atom. The second-order valence-electron chi connectivity index (χ2n) is 5.99. The van der Waals surface area contributed by atoms with Gasteiger partial charge in [-0.05, 0) is 43.9 Å². The maximum absolute atomic E-state index is 12.3. The Morgan fingerprint density at radius 3 is 2.73 bits per heavy atom. The molecule has 5 nitrogen and oxygen atoms in total. The molecule has 1 atom stereocenters. The highest BCUT2D eigenvalue weighted by molar-refractivity contribution is 6.31. The van der Waals surface area contributed by atoms with Crippen molar-refractivity contribution >= 4 is 23.3 Å². The third-order valence-electron chi connectivity index (χ3n) is 4.29. The number of nitrogens with two attached hydrogens (primary N) is 1. The Bertz CT molecular complexity index is 597. The highest BCUT2D eigenvalue weighted by Crippen LogP contribution is 2.30. The number of halogens is 1. The lowest BCUT2D eigenvalue weighted by Gasteiger charge is -2.30. The molecule has 0 radical (unpaired) electrons. The van der Waals surface area contributed by atoms with Crippen LogP contribution in [-0.2, 0) is 4.79 Å². The molecule has 1 heterocycles. The third kappa shape index (κ3) is 3.25. The molecule has 1 aliphatic carbocycles. The zero-order valence-corrected chi connectivity index (χ0v) is 12.9. The van der Waals surface area contributed by atoms with E-state index in [2.05, 4.69) is 5.32 Å². The molecule has 2 aliphatic rings. The highest BCUT2D eigenvalue weighted by atomic mass is 35.5. The van der Waals surface area contributed by atoms with Crippen LogP contribution in [-0.4, -0.2) is 29.9 Å². The number of Topliss-reactive ketones (excluding diaryl/α,β-unsaturated/α-hetero) is 1. The third-order valence-corrected chi connectivity index (χ3v) is 4.53. The van der Waals surface area contributed by atoms with E-state index in [0.717, 1.165) is 25.7 Å². The molecule has 3 rings (SSSR count). The van der Waals surface area contributed by atoms with Crippen LogP contribution < -0.4 is 15.8 Å². The van der Waals surface area contributed by atoms with Gasteiger partial charge in [-0.1, -0.05) is 11.6 Å². The molecule has 22 heavy (non-hydrogen) atoms. The van der Waals surface area contributed by atoms with Crippen molar-refractivity contribution in [1.29, 1.82) is 0 Å². The normalized spacial score (nSPS) is 27.7. The number of ether oxygens (including phenoxy) is 1. The molecule has 0 spiro atoms. The number of benzene rings is 1. The van der Waals surface area contributed by atoms with Crippen LogP contribution in [0, 0.1) is 0 Å². The number of carbonyl (C=O) groups excluding carboxylic acids is 2. The standard InChI is InChI=1S/C16H19ClN2O3/c17-9-1-6-14-12(7-9)13(20)8-15(22-14)16(21)19-11-4-2-10(18)3-5-11/h1,6-7,10-11,15H,2-5,8,18H2,(H,19,21)/t10?,11?,15-/m1/s1. The molecular formula is C16H19ClN2O3. The van der Waals surface area contributed by atoms with Gasteiger partial charge < -0.3 is 15.8 Å². The Hall–Kier alpha value is -1.59. The van der Waals surface area contributed by atoms with E-state index < -0.39 is 6.10 Å². The lowest BCUT2D eigenvalue weighted by molar-refractivity contribution is -0.129. The van der Waals surface area contributed by atoms with Crippen molar-refractivity contribution in [2.45, 2.75) is 50.3 Å². The smallest absolute Gasteiger partial charge is 0.261 e. The molecule has 1 amide bonds. The first-order valence-corrected chi connectivity index (χ1v) is 7.96. The van der Waals surface area contributed by atoms with Crippen molar-refractivity contribution in [3.63, 3.8) is 0 Å². The van der Waals surface area contributed by atoms with Gasteiger partial charge in [-0.3, -0.25) is 9.59 Å². The Labute approximate surface area is 134 Å². The fraction of sp³-hybridized carbons (Fsp3) is 0.500. The number of ketones is 1. The number of fused-ring (bicyclic) bond motifs is 1. The minimum absolute atomic E-state index is 0.0470. The second-order valence-corrected chi connectivity index (χ2v) is 6.43. The zero-order chi connectivity index (χ0) is 15.7.